The predicted octanol–water partition coefficient (Wildman–Crippen LogP) is 5.25. The number of benzene rings is 1. The van der Waals surface area contributed by atoms with Crippen LogP contribution in [0.25, 0.3) is 0 Å². The highest BCUT2D eigenvalue weighted by Crippen LogP contribution is 2.47. The molecule has 2 atom stereocenters. The Morgan fingerprint density at radius 1 is 1.08 bits per heavy atom. The molecule has 1 aliphatic rings. The fourth-order valence-corrected chi connectivity index (χ4v) is 4.61. The first-order valence-corrected chi connectivity index (χ1v) is 12.8. The Morgan fingerprint density at radius 3 is 2.24 bits per heavy atom. The van der Waals surface area contributed by atoms with Crippen molar-refractivity contribution in [2.24, 2.45) is 5.92 Å². The Labute approximate surface area is 223 Å². The topological polar surface area (TPSA) is 145 Å². The molecule has 0 saturated carbocycles. The van der Waals surface area contributed by atoms with Crippen molar-refractivity contribution in [1.82, 2.24) is 0 Å². The van der Waals surface area contributed by atoms with Crippen molar-refractivity contribution in [2.45, 2.75) is 77.6 Å². The van der Waals surface area contributed by atoms with Crippen molar-refractivity contribution in [2.75, 3.05) is 19.8 Å². The van der Waals surface area contributed by atoms with E-state index in [0.29, 0.717) is 36.8 Å². The molecule has 10 heteroatoms. The Balaban J connectivity index is 2.12. The SMILES string of the molecule is C=C(C)[C@H]1CCC(COC(C)=O)=CC1c1c(O)cc(C(C)(C)C(=O)OCCCCCCO[N+](=O)[O-])cc1O. The minimum absolute atomic E-state index is 0.0252. The van der Waals surface area contributed by atoms with Gasteiger partial charge in [0.2, 0.25) is 0 Å². The van der Waals surface area contributed by atoms with Crippen molar-refractivity contribution >= 4 is 11.9 Å². The molecule has 0 aromatic heterocycles. The van der Waals surface area contributed by atoms with Gasteiger partial charge in [0.15, 0.2) is 0 Å². The number of hydrogen-bond donors (Lipinski definition) is 2. The van der Waals surface area contributed by atoms with Gasteiger partial charge in [-0.05, 0) is 82.1 Å². The lowest BCUT2D eigenvalue weighted by Gasteiger charge is -2.32. The average Bonchev–Trinajstić information content (AvgIpc) is 2.83. The van der Waals surface area contributed by atoms with E-state index in [1.807, 2.05) is 13.0 Å². The summed E-state index contributed by atoms with van der Waals surface area (Å²) in [4.78, 5) is 38.5. The second kappa shape index (κ2) is 13.8. The molecule has 1 unspecified atom stereocenters. The van der Waals surface area contributed by atoms with Crippen LogP contribution in [-0.2, 0) is 29.3 Å². The smallest absolute Gasteiger partial charge is 0.315 e. The zero-order valence-corrected chi connectivity index (χ0v) is 22.7. The largest absolute Gasteiger partial charge is 0.507 e. The van der Waals surface area contributed by atoms with Crippen LogP contribution in [0.15, 0.2) is 35.9 Å². The maximum Gasteiger partial charge on any atom is 0.315 e. The van der Waals surface area contributed by atoms with E-state index < -0.39 is 16.5 Å². The number of nitrogens with zero attached hydrogens (tertiary/aromatic N) is 1. The van der Waals surface area contributed by atoms with Crippen molar-refractivity contribution in [3.05, 3.63) is 57.2 Å². The molecule has 1 aliphatic carbocycles. The van der Waals surface area contributed by atoms with Gasteiger partial charge in [-0.25, -0.2) is 0 Å². The molecule has 0 aliphatic heterocycles. The Morgan fingerprint density at radius 2 is 1.68 bits per heavy atom. The van der Waals surface area contributed by atoms with E-state index in [0.717, 1.165) is 24.0 Å². The number of carbonyl (C=O) groups excluding carboxylic acids is 2. The minimum atomic E-state index is -1.14. The zero-order chi connectivity index (χ0) is 28.5. The van der Waals surface area contributed by atoms with Gasteiger partial charge < -0.3 is 24.5 Å². The highest BCUT2D eigenvalue weighted by molar-refractivity contribution is 5.82. The normalized spacial score (nSPS) is 17.3. The fourth-order valence-electron chi connectivity index (χ4n) is 4.61. The molecular weight excluding hydrogens is 494 g/mol. The predicted molar refractivity (Wildman–Crippen MR) is 140 cm³/mol. The van der Waals surface area contributed by atoms with E-state index >= 15 is 0 Å². The van der Waals surface area contributed by atoms with Crippen LogP contribution < -0.4 is 0 Å². The van der Waals surface area contributed by atoms with Crippen molar-refractivity contribution < 1.29 is 39.2 Å². The van der Waals surface area contributed by atoms with Gasteiger partial charge in [0, 0.05) is 18.4 Å². The van der Waals surface area contributed by atoms with Crippen LogP contribution in [0.4, 0.5) is 0 Å². The van der Waals surface area contributed by atoms with Crippen LogP contribution in [0.5, 0.6) is 11.5 Å². The number of phenolic OH excluding ortho intramolecular Hbond substituents is 2. The second-order valence-corrected chi connectivity index (χ2v) is 10.3. The Kier molecular flexibility index (Phi) is 11.2. The standard InChI is InChI=1S/C28H39NO9/c1-18(2)22-11-10-20(17-37-19(3)30)14-23(22)26-24(31)15-21(16-25(26)32)28(4,5)27(33)36-12-8-6-7-9-13-38-29(34)35/h14-16,22-23,31-32H,1,6-13,17H2,2-5H3/t22-,23?/m1/s1. The number of allylic oxidation sites excluding steroid dienone is 2. The molecule has 0 heterocycles. The number of rotatable bonds is 14. The minimum Gasteiger partial charge on any atom is -0.507 e. The molecule has 38 heavy (non-hydrogen) atoms. The molecule has 0 bridgehead atoms. The summed E-state index contributed by atoms with van der Waals surface area (Å²) in [6, 6.07) is 2.96. The third kappa shape index (κ3) is 8.49. The van der Waals surface area contributed by atoms with Gasteiger partial charge >= 0.3 is 11.9 Å². The highest BCUT2D eigenvalue weighted by Gasteiger charge is 2.36. The van der Waals surface area contributed by atoms with Crippen LogP contribution in [0.2, 0.25) is 0 Å². The van der Waals surface area contributed by atoms with E-state index in [-0.39, 0.29) is 49.1 Å². The molecule has 0 spiro atoms. The van der Waals surface area contributed by atoms with Gasteiger partial charge in [-0.15, -0.1) is 10.1 Å². The van der Waals surface area contributed by atoms with Gasteiger partial charge in [-0.1, -0.05) is 24.6 Å². The molecule has 0 amide bonds. The first kappa shape index (κ1) is 30.7. The molecule has 1 aromatic carbocycles. The van der Waals surface area contributed by atoms with E-state index in [1.165, 1.54) is 19.1 Å². The number of aromatic hydroxyl groups is 2. The maximum absolute atomic E-state index is 12.9. The van der Waals surface area contributed by atoms with E-state index in [1.54, 1.807) is 13.8 Å². The first-order chi connectivity index (χ1) is 17.8. The summed E-state index contributed by atoms with van der Waals surface area (Å²) in [7, 11) is 0. The molecule has 0 fully saturated rings. The third-order valence-electron chi connectivity index (χ3n) is 6.89. The Hall–Kier alpha value is -3.56. The number of hydrogen-bond acceptors (Lipinski definition) is 9. The lowest BCUT2D eigenvalue weighted by Crippen LogP contribution is -2.31. The third-order valence-corrected chi connectivity index (χ3v) is 6.89. The molecule has 0 saturated heterocycles. The molecule has 10 nitrogen and oxygen atoms in total. The summed E-state index contributed by atoms with van der Waals surface area (Å²) in [6.45, 7) is 11.0. The van der Waals surface area contributed by atoms with Gasteiger partial charge in [0.1, 0.15) is 18.1 Å². The monoisotopic (exact) mass is 533 g/mol. The summed E-state index contributed by atoms with van der Waals surface area (Å²) in [6.07, 6.45) is 5.94. The van der Waals surface area contributed by atoms with Crippen molar-refractivity contribution in [3.63, 3.8) is 0 Å². The molecule has 0 radical (unpaired) electrons. The van der Waals surface area contributed by atoms with Crippen LogP contribution in [0.3, 0.4) is 0 Å². The number of ether oxygens (including phenoxy) is 2. The quantitative estimate of drug-likeness (QED) is 0.108. The van der Waals surface area contributed by atoms with Gasteiger partial charge in [-0.2, -0.15) is 0 Å². The molecule has 2 N–H and O–H groups in total. The van der Waals surface area contributed by atoms with E-state index in [2.05, 4.69) is 11.4 Å². The van der Waals surface area contributed by atoms with Crippen LogP contribution in [-0.4, -0.2) is 47.1 Å². The summed E-state index contributed by atoms with van der Waals surface area (Å²) < 4.78 is 10.6. The molecule has 2 rings (SSSR count). The lowest BCUT2D eigenvalue weighted by molar-refractivity contribution is -0.757. The van der Waals surface area contributed by atoms with Crippen LogP contribution >= 0.6 is 0 Å². The summed E-state index contributed by atoms with van der Waals surface area (Å²) in [5, 5.41) is 31.3. The van der Waals surface area contributed by atoms with Crippen LogP contribution in [0, 0.1) is 16.0 Å². The van der Waals surface area contributed by atoms with Crippen molar-refractivity contribution in [3.8, 4) is 11.5 Å². The molecule has 1 aromatic rings. The maximum atomic E-state index is 12.9. The lowest BCUT2D eigenvalue weighted by atomic mass is 9.73. The second-order valence-electron chi connectivity index (χ2n) is 10.3. The molecule has 210 valence electrons. The number of unbranched alkanes of at least 4 members (excludes halogenated alkanes) is 3. The Bertz CT molecular complexity index is 1040. The van der Waals surface area contributed by atoms with Crippen LogP contribution in [0.1, 0.15) is 83.3 Å². The first-order valence-electron chi connectivity index (χ1n) is 12.8. The fraction of sp³-hybridized carbons (Fsp3) is 0.571. The number of carbonyl (C=O) groups is 2. The van der Waals surface area contributed by atoms with Crippen molar-refractivity contribution in [1.29, 1.82) is 0 Å². The van der Waals surface area contributed by atoms with Gasteiger partial charge in [-0.3, -0.25) is 9.59 Å². The summed E-state index contributed by atoms with van der Waals surface area (Å²) in [5.41, 5.74) is 1.43. The summed E-state index contributed by atoms with van der Waals surface area (Å²) >= 11 is 0. The highest BCUT2D eigenvalue weighted by atomic mass is 16.9. The van der Waals surface area contributed by atoms with Gasteiger partial charge in [0.05, 0.1) is 18.6 Å². The van der Waals surface area contributed by atoms with E-state index in [4.69, 9.17) is 9.47 Å². The van der Waals surface area contributed by atoms with E-state index in [9.17, 15) is 29.9 Å². The number of phenols is 2. The summed E-state index contributed by atoms with van der Waals surface area (Å²) in [5.74, 6) is -1.55. The van der Waals surface area contributed by atoms with Gasteiger partial charge in [0.25, 0.3) is 5.09 Å². The zero-order valence-electron chi connectivity index (χ0n) is 22.7. The average molecular weight is 534 g/mol. The number of esters is 2. The molecular formula is C28H39NO9.